The number of rotatable bonds is 5. The van der Waals surface area contributed by atoms with Crippen LogP contribution in [0.3, 0.4) is 0 Å². The van der Waals surface area contributed by atoms with E-state index in [1.54, 1.807) is 28.4 Å². The number of nitrogens with zero attached hydrogens (tertiary/aromatic N) is 5. The van der Waals surface area contributed by atoms with Crippen LogP contribution in [0.1, 0.15) is 26.4 Å². The molecule has 1 amide bonds. The molecule has 0 aliphatic carbocycles. The average molecular weight is 493 g/mol. The van der Waals surface area contributed by atoms with Crippen molar-refractivity contribution >= 4 is 40.6 Å². The lowest BCUT2D eigenvalue weighted by Crippen LogP contribution is -2.56. The number of hydrogen-bond acceptors (Lipinski definition) is 7. The van der Waals surface area contributed by atoms with Crippen molar-refractivity contribution in [3.05, 3.63) is 75.4 Å². The largest absolute Gasteiger partial charge is 0.376 e. The van der Waals surface area contributed by atoms with Crippen LogP contribution in [-0.4, -0.2) is 43.8 Å². The van der Waals surface area contributed by atoms with E-state index in [1.807, 2.05) is 55.3 Å². The molecule has 2 aliphatic rings. The van der Waals surface area contributed by atoms with Crippen molar-refractivity contribution in [1.82, 2.24) is 24.6 Å². The molecule has 1 spiro atoms. The van der Waals surface area contributed by atoms with Gasteiger partial charge in [0.15, 0.2) is 0 Å². The lowest BCUT2D eigenvalue weighted by atomic mass is 9.94. The number of amides is 1. The monoisotopic (exact) mass is 492 g/mol. The van der Waals surface area contributed by atoms with Gasteiger partial charge in [-0.3, -0.25) is 9.48 Å². The molecule has 172 valence electrons. The van der Waals surface area contributed by atoms with Crippen LogP contribution in [-0.2, 0) is 23.9 Å². The van der Waals surface area contributed by atoms with Crippen LogP contribution in [0.2, 0.25) is 5.02 Å². The van der Waals surface area contributed by atoms with Crippen LogP contribution in [0.15, 0.2) is 48.8 Å². The number of carbonyl (C=O) groups excluding carboxylic acids is 1. The predicted molar refractivity (Wildman–Crippen MR) is 130 cm³/mol. The molecule has 8 nitrogen and oxygen atoms in total. The van der Waals surface area contributed by atoms with Crippen LogP contribution in [0, 0.1) is 6.92 Å². The summed E-state index contributed by atoms with van der Waals surface area (Å²) in [6.45, 7) is 3.44. The van der Waals surface area contributed by atoms with Crippen molar-refractivity contribution in [1.29, 1.82) is 0 Å². The van der Waals surface area contributed by atoms with Crippen LogP contribution >= 0.6 is 22.9 Å². The van der Waals surface area contributed by atoms with Gasteiger partial charge in [0, 0.05) is 35.8 Å². The van der Waals surface area contributed by atoms with Gasteiger partial charge in [-0.15, -0.1) is 11.3 Å². The molecule has 1 fully saturated rings. The molecule has 2 aliphatic heterocycles. The molecule has 0 radical (unpaired) electrons. The first-order valence-corrected chi connectivity index (χ1v) is 12.0. The van der Waals surface area contributed by atoms with Gasteiger partial charge in [0.1, 0.15) is 11.4 Å². The molecule has 0 bridgehead atoms. The van der Waals surface area contributed by atoms with Gasteiger partial charge in [0.2, 0.25) is 5.95 Å². The number of halogens is 1. The predicted octanol–water partition coefficient (Wildman–Crippen LogP) is 4.53. The minimum Gasteiger partial charge on any atom is -0.376 e. The lowest BCUT2D eigenvalue weighted by Gasteiger charge is -2.45. The molecule has 0 saturated carbocycles. The standard InChI is InChI=1S/C24H21ClN6O2S/c1-14-10-26-23(28-19-6-7-27-30(19)2)29-20(14)18-9-17-21(34-18)24(12-33-13-24)31(22(17)32)11-15-4-3-5-16(25)8-15/h3-10H,11-13H2,1-2H3,(H,26,28,29). The van der Waals surface area contributed by atoms with Crippen LogP contribution < -0.4 is 5.32 Å². The highest BCUT2D eigenvalue weighted by Crippen LogP contribution is 2.50. The van der Waals surface area contributed by atoms with E-state index in [0.717, 1.165) is 38.0 Å². The summed E-state index contributed by atoms with van der Waals surface area (Å²) in [5, 5.41) is 8.03. The Labute approximate surface area is 205 Å². The fraction of sp³-hybridized carbons (Fsp3) is 0.250. The van der Waals surface area contributed by atoms with Crippen molar-refractivity contribution in [3.8, 4) is 10.6 Å². The zero-order valence-corrected chi connectivity index (χ0v) is 20.2. The number of aromatic nitrogens is 4. The zero-order chi connectivity index (χ0) is 23.4. The summed E-state index contributed by atoms with van der Waals surface area (Å²) in [6, 6.07) is 11.5. The van der Waals surface area contributed by atoms with Gasteiger partial charge in [-0.05, 0) is 36.2 Å². The quantitative estimate of drug-likeness (QED) is 0.440. The van der Waals surface area contributed by atoms with Crippen molar-refractivity contribution < 1.29 is 9.53 Å². The van der Waals surface area contributed by atoms with Gasteiger partial charge < -0.3 is 15.0 Å². The van der Waals surface area contributed by atoms with E-state index in [4.69, 9.17) is 21.3 Å². The molecule has 0 unspecified atom stereocenters. The van der Waals surface area contributed by atoms with Crippen LogP contribution in [0.5, 0.6) is 0 Å². The van der Waals surface area contributed by atoms with E-state index in [9.17, 15) is 4.79 Å². The maximum atomic E-state index is 13.5. The molecule has 6 rings (SSSR count). The molecule has 4 aromatic rings. The number of anilines is 2. The zero-order valence-electron chi connectivity index (χ0n) is 18.6. The van der Waals surface area contributed by atoms with Gasteiger partial charge in [-0.2, -0.15) is 5.10 Å². The second-order valence-corrected chi connectivity index (χ2v) is 10.1. The number of ether oxygens (including phenoxy) is 1. The number of thiophene rings is 1. The second kappa shape index (κ2) is 7.90. The smallest absolute Gasteiger partial charge is 0.256 e. The average Bonchev–Trinajstić information content (AvgIpc) is 3.45. The maximum absolute atomic E-state index is 13.5. The molecule has 34 heavy (non-hydrogen) atoms. The van der Waals surface area contributed by atoms with E-state index in [0.29, 0.717) is 30.7 Å². The fourth-order valence-electron chi connectivity index (χ4n) is 4.46. The Morgan fingerprint density at radius 1 is 1.26 bits per heavy atom. The summed E-state index contributed by atoms with van der Waals surface area (Å²) in [6.07, 6.45) is 3.50. The molecule has 1 N–H and O–H groups in total. The summed E-state index contributed by atoms with van der Waals surface area (Å²) < 4.78 is 7.35. The summed E-state index contributed by atoms with van der Waals surface area (Å²) in [5.41, 5.74) is 3.04. The van der Waals surface area contributed by atoms with Gasteiger partial charge >= 0.3 is 0 Å². The normalized spacial score (nSPS) is 16.1. The molecule has 1 saturated heterocycles. The van der Waals surface area contributed by atoms with Gasteiger partial charge in [0.05, 0.1) is 35.5 Å². The number of carbonyl (C=O) groups is 1. The van der Waals surface area contributed by atoms with E-state index in [2.05, 4.69) is 15.4 Å². The van der Waals surface area contributed by atoms with Gasteiger partial charge in [0.25, 0.3) is 5.91 Å². The third kappa shape index (κ3) is 3.31. The van der Waals surface area contributed by atoms with Crippen molar-refractivity contribution in [2.45, 2.75) is 19.0 Å². The molecule has 10 heteroatoms. The molecule has 0 atom stereocenters. The summed E-state index contributed by atoms with van der Waals surface area (Å²) >= 11 is 7.78. The van der Waals surface area contributed by atoms with E-state index < -0.39 is 5.54 Å². The first-order chi connectivity index (χ1) is 16.4. The van der Waals surface area contributed by atoms with Gasteiger partial charge in [-0.25, -0.2) is 9.97 Å². The molecule has 1 aromatic carbocycles. The third-order valence-corrected chi connectivity index (χ3v) is 7.89. The first kappa shape index (κ1) is 21.3. The highest BCUT2D eigenvalue weighted by molar-refractivity contribution is 7.16. The molecule has 5 heterocycles. The Morgan fingerprint density at radius 2 is 2.12 bits per heavy atom. The summed E-state index contributed by atoms with van der Waals surface area (Å²) in [5.74, 6) is 1.29. The highest BCUT2D eigenvalue weighted by atomic mass is 35.5. The number of aryl methyl sites for hydroxylation is 2. The Morgan fingerprint density at radius 3 is 2.82 bits per heavy atom. The minimum absolute atomic E-state index is 0.0146. The van der Waals surface area contributed by atoms with Crippen LogP contribution in [0.25, 0.3) is 10.6 Å². The van der Waals surface area contributed by atoms with Gasteiger partial charge in [-0.1, -0.05) is 23.7 Å². The number of benzene rings is 1. The minimum atomic E-state index is -0.436. The van der Waals surface area contributed by atoms with E-state index in [1.165, 1.54) is 0 Å². The molecular weight excluding hydrogens is 472 g/mol. The molecule has 3 aromatic heterocycles. The Kier molecular flexibility index (Phi) is 4.94. The summed E-state index contributed by atoms with van der Waals surface area (Å²) in [7, 11) is 1.85. The van der Waals surface area contributed by atoms with Crippen molar-refractivity contribution in [2.24, 2.45) is 7.05 Å². The highest BCUT2D eigenvalue weighted by Gasteiger charge is 2.56. The number of nitrogens with one attached hydrogen (secondary N) is 1. The maximum Gasteiger partial charge on any atom is 0.256 e. The van der Waals surface area contributed by atoms with E-state index in [-0.39, 0.29) is 5.91 Å². The number of fused-ring (bicyclic) bond motifs is 2. The van der Waals surface area contributed by atoms with E-state index >= 15 is 0 Å². The summed E-state index contributed by atoms with van der Waals surface area (Å²) in [4.78, 5) is 26.6. The van der Waals surface area contributed by atoms with Crippen LogP contribution in [0.4, 0.5) is 11.8 Å². The fourth-order valence-corrected chi connectivity index (χ4v) is 6.05. The Balaban J connectivity index is 1.34. The second-order valence-electron chi connectivity index (χ2n) is 8.59. The number of hydrogen-bond donors (Lipinski definition) is 1. The SMILES string of the molecule is Cc1cnc(Nc2ccnn2C)nc1-c1cc2c(s1)C1(COC1)N(Cc1cccc(Cl)c1)C2=O. The Hall–Kier alpha value is -3.27. The van der Waals surface area contributed by atoms with Crippen molar-refractivity contribution in [3.63, 3.8) is 0 Å². The topological polar surface area (TPSA) is 85.2 Å². The lowest BCUT2D eigenvalue weighted by molar-refractivity contribution is -0.126. The first-order valence-electron chi connectivity index (χ1n) is 10.8. The molecular formula is C24H21ClN6O2S. The Bertz CT molecular complexity index is 1430. The third-order valence-electron chi connectivity index (χ3n) is 6.32. The van der Waals surface area contributed by atoms with Crippen molar-refractivity contribution in [2.75, 3.05) is 18.5 Å².